The Morgan fingerprint density at radius 2 is 2.12 bits per heavy atom. The molecule has 0 aliphatic carbocycles. The molecule has 3 nitrogen and oxygen atoms in total. The van der Waals surface area contributed by atoms with E-state index in [1.54, 1.807) is 18.3 Å². The van der Waals surface area contributed by atoms with Crippen LogP contribution in [-0.2, 0) is 0 Å². The van der Waals surface area contributed by atoms with Crippen molar-refractivity contribution in [1.82, 2.24) is 4.98 Å². The maximum absolute atomic E-state index is 5.93. The number of halogens is 1. The average molecular weight is 234 g/mol. The molecule has 3 N–H and O–H groups in total. The molecule has 2 aromatic rings. The lowest BCUT2D eigenvalue weighted by atomic mass is 10.2. The summed E-state index contributed by atoms with van der Waals surface area (Å²) in [5, 5.41) is 3.84. The highest BCUT2D eigenvalue weighted by Crippen LogP contribution is 2.25. The van der Waals surface area contributed by atoms with Gasteiger partial charge in [-0.05, 0) is 36.8 Å². The van der Waals surface area contributed by atoms with Gasteiger partial charge in [0, 0.05) is 16.9 Å². The monoisotopic (exact) mass is 233 g/mol. The third-order valence-electron chi connectivity index (χ3n) is 2.29. The van der Waals surface area contributed by atoms with E-state index in [1.807, 2.05) is 25.1 Å². The topological polar surface area (TPSA) is 50.9 Å². The predicted octanol–water partition coefficient (Wildman–Crippen LogP) is 3.37. The molecule has 0 radical (unpaired) electrons. The van der Waals surface area contributed by atoms with E-state index in [-0.39, 0.29) is 0 Å². The molecule has 0 unspecified atom stereocenters. The Labute approximate surface area is 99.3 Å². The van der Waals surface area contributed by atoms with Crippen molar-refractivity contribution >= 4 is 28.8 Å². The lowest BCUT2D eigenvalue weighted by Gasteiger charge is -2.10. The van der Waals surface area contributed by atoms with Crippen molar-refractivity contribution in [2.45, 2.75) is 6.92 Å². The lowest BCUT2D eigenvalue weighted by molar-refractivity contribution is 1.30. The van der Waals surface area contributed by atoms with Crippen molar-refractivity contribution in [2.24, 2.45) is 0 Å². The first-order valence-electron chi connectivity index (χ1n) is 4.90. The molecule has 0 atom stereocenters. The van der Waals surface area contributed by atoms with Crippen LogP contribution in [0.4, 0.5) is 17.2 Å². The fraction of sp³-hybridized carbons (Fsp3) is 0.0833. The van der Waals surface area contributed by atoms with Gasteiger partial charge in [0.05, 0.1) is 5.69 Å². The van der Waals surface area contributed by atoms with E-state index in [0.29, 0.717) is 16.5 Å². The molecule has 0 fully saturated rings. The van der Waals surface area contributed by atoms with Gasteiger partial charge in [-0.15, -0.1) is 0 Å². The molecule has 2 rings (SSSR count). The summed E-state index contributed by atoms with van der Waals surface area (Å²) in [6.07, 6.45) is 1.69. The van der Waals surface area contributed by atoms with Gasteiger partial charge in [0.1, 0.15) is 0 Å². The number of pyridine rings is 1. The molecule has 0 aliphatic heterocycles. The molecule has 16 heavy (non-hydrogen) atoms. The summed E-state index contributed by atoms with van der Waals surface area (Å²) < 4.78 is 0. The fourth-order valence-corrected chi connectivity index (χ4v) is 1.55. The molecule has 82 valence electrons. The minimum absolute atomic E-state index is 0.613. The zero-order chi connectivity index (χ0) is 11.5. The SMILES string of the molecule is Cc1ccc(Cl)cc1Nc1ncccc1N. The van der Waals surface area contributed by atoms with Gasteiger partial charge in [-0.2, -0.15) is 0 Å². The quantitative estimate of drug-likeness (QED) is 0.836. The molecule has 1 heterocycles. The molecule has 1 aromatic carbocycles. The zero-order valence-electron chi connectivity index (χ0n) is 8.87. The number of benzene rings is 1. The van der Waals surface area contributed by atoms with Gasteiger partial charge in [0.25, 0.3) is 0 Å². The number of nitrogens with zero attached hydrogens (tertiary/aromatic N) is 1. The highest BCUT2D eigenvalue weighted by atomic mass is 35.5. The Kier molecular flexibility index (Phi) is 2.97. The van der Waals surface area contributed by atoms with Crippen molar-refractivity contribution in [2.75, 3.05) is 11.1 Å². The minimum atomic E-state index is 0.613. The van der Waals surface area contributed by atoms with Crippen LogP contribution in [-0.4, -0.2) is 4.98 Å². The molecular weight excluding hydrogens is 222 g/mol. The number of rotatable bonds is 2. The number of nitrogens with one attached hydrogen (secondary N) is 1. The average Bonchev–Trinajstić information content (AvgIpc) is 2.27. The molecule has 0 spiro atoms. The number of nitrogen functional groups attached to an aromatic ring is 1. The standard InChI is InChI=1S/C12H12ClN3/c1-8-4-5-9(13)7-11(8)16-12-10(14)3-2-6-15-12/h2-7H,14H2,1H3,(H,15,16). The van der Waals surface area contributed by atoms with Crippen LogP contribution in [0.1, 0.15) is 5.56 Å². The Morgan fingerprint density at radius 1 is 1.31 bits per heavy atom. The van der Waals surface area contributed by atoms with E-state index in [4.69, 9.17) is 17.3 Å². The summed E-state index contributed by atoms with van der Waals surface area (Å²) in [6, 6.07) is 9.25. The summed E-state index contributed by atoms with van der Waals surface area (Å²) in [5.41, 5.74) is 8.42. The zero-order valence-corrected chi connectivity index (χ0v) is 9.62. The van der Waals surface area contributed by atoms with E-state index in [9.17, 15) is 0 Å². The minimum Gasteiger partial charge on any atom is -0.396 e. The Hall–Kier alpha value is -1.74. The summed E-state index contributed by atoms with van der Waals surface area (Å²) >= 11 is 5.93. The van der Waals surface area contributed by atoms with E-state index in [0.717, 1.165) is 11.3 Å². The smallest absolute Gasteiger partial charge is 0.153 e. The second kappa shape index (κ2) is 4.41. The number of hydrogen-bond donors (Lipinski definition) is 2. The third kappa shape index (κ3) is 2.25. The molecule has 0 saturated heterocycles. The largest absolute Gasteiger partial charge is 0.396 e. The van der Waals surface area contributed by atoms with Crippen molar-refractivity contribution in [3.63, 3.8) is 0 Å². The fourth-order valence-electron chi connectivity index (χ4n) is 1.38. The Bertz CT molecular complexity index is 511. The number of hydrogen-bond acceptors (Lipinski definition) is 3. The molecule has 4 heteroatoms. The van der Waals surface area contributed by atoms with Gasteiger partial charge in [0.15, 0.2) is 5.82 Å². The van der Waals surface area contributed by atoms with Gasteiger partial charge >= 0.3 is 0 Å². The van der Waals surface area contributed by atoms with Crippen LogP contribution < -0.4 is 11.1 Å². The molecule has 0 aliphatic rings. The van der Waals surface area contributed by atoms with Crippen LogP contribution >= 0.6 is 11.6 Å². The van der Waals surface area contributed by atoms with E-state index in [1.165, 1.54) is 0 Å². The van der Waals surface area contributed by atoms with Crippen LogP contribution in [0.25, 0.3) is 0 Å². The predicted molar refractivity (Wildman–Crippen MR) is 68.1 cm³/mol. The van der Waals surface area contributed by atoms with E-state index in [2.05, 4.69) is 10.3 Å². The lowest BCUT2D eigenvalue weighted by Crippen LogP contribution is -1.99. The van der Waals surface area contributed by atoms with Gasteiger partial charge < -0.3 is 11.1 Å². The van der Waals surface area contributed by atoms with Crippen molar-refractivity contribution in [3.8, 4) is 0 Å². The maximum Gasteiger partial charge on any atom is 0.153 e. The molecule has 0 saturated carbocycles. The number of aromatic nitrogens is 1. The van der Waals surface area contributed by atoms with Gasteiger partial charge in [0.2, 0.25) is 0 Å². The first kappa shape index (κ1) is 10.8. The Balaban J connectivity index is 2.34. The number of anilines is 3. The highest BCUT2D eigenvalue weighted by molar-refractivity contribution is 6.30. The first-order valence-corrected chi connectivity index (χ1v) is 5.28. The summed E-state index contributed by atoms with van der Waals surface area (Å²) in [4.78, 5) is 4.17. The van der Waals surface area contributed by atoms with Crippen LogP contribution in [0.2, 0.25) is 5.02 Å². The maximum atomic E-state index is 5.93. The summed E-state index contributed by atoms with van der Waals surface area (Å²) in [5.74, 6) is 0.646. The molecule has 0 amide bonds. The van der Waals surface area contributed by atoms with Crippen molar-refractivity contribution in [3.05, 3.63) is 47.1 Å². The highest BCUT2D eigenvalue weighted by Gasteiger charge is 2.03. The van der Waals surface area contributed by atoms with Gasteiger partial charge in [-0.25, -0.2) is 4.98 Å². The number of nitrogens with two attached hydrogens (primary N) is 1. The molecular formula is C12H12ClN3. The summed E-state index contributed by atoms with van der Waals surface area (Å²) in [6.45, 7) is 2.00. The Morgan fingerprint density at radius 3 is 2.88 bits per heavy atom. The number of aryl methyl sites for hydroxylation is 1. The summed E-state index contributed by atoms with van der Waals surface area (Å²) in [7, 11) is 0. The van der Waals surface area contributed by atoms with E-state index < -0.39 is 0 Å². The molecule has 0 bridgehead atoms. The van der Waals surface area contributed by atoms with Crippen LogP contribution in [0.15, 0.2) is 36.5 Å². The van der Waals surface area contributed by atoms with Crippen LogP contribution in [0, 0.1) is 6.92 Å². The second-order valence-corrected chi connectivity index (χ2v) is 3.96. The van der Waals surface area contributed by atoms with Crippen molar-refractivity contribution < 1.29 is 0 Å². The molecule has 1 aromatic heterocycles. The van der Waals surface area contributed by atoms with Gasteiger partial charge in [-0.3, -0.25) is 0 Å². The van der Waals surface area contributed by atoms with Crippen LogP contribution in [0.3, 0.4) is 0 Å². The second-order valence-electron chi connectivity index (χ2n) is 3.53. The third-order valence-corrected chi connectivity index (χ3v) is 2.53. The normalized spacial score (nSPS) is 10.1. The first-order chi connectivity index (χ1) is 7.66. The van der Waals surface area contributed by atoms with Crippen LogP contribution in [0.5, 0.6) is 0 Å². The van der Waals surface area contributed by atoms with Crippen molar-refractivity contribution in [1.29, 1.82) is 0 Å². The van der Waals surface area contributed by atoms with Gasteiger partial charge in [-0.1, -0.05) is 17.7 Å². The van der Waals surface area contributed by atoms with E-state index >= 15 is 0 Å².